The molecule has 9 aromatic heterocycles. The van der Waals surface area contributed by atoms with Gasteiger partial charge in [-0.2, -0.15) is 0 Å². The maximum absolute atomic E-state index is 5.88. The lowest BCUT2D eigenvalue weighted by Crippen LogP contribution is -2.74. The number of nitrogens with zero attached hydrogens (tertiary/aromatic N) is 12. The predicted octanol–water partition coefficient (Wildman–Crippen LogP) is 19.6. The number of para-hydroxylation sites is 11. The number of pyridine rings is 2. The van der Waals surface area contributed by atoms with Crippen molar-refractivity contribution in [3.8, 4) is 56.7 Å². The van der Waals surface area contributed by atoms with Crippen molar-refractivity contribution < 1.29 is 0 Å². The minimum absolute atomic E-state index is 0.713. The maximum Gasteiger partial charge on any atom is 0.221 e. The summed E-state index contributed by atoms with van der Waals surface area (Å²) < 4.78 is 16.0. The summed E-state index contributed by atoms with van der Waals surface area (Å²) in [6, 6.07) is 160. The minimum atomic E-state index is -2.98. The van der Waals surface area contributed by atoms with Crippen molar-refractivity contribution in [2.24, 2.45) is 0 Å². The van der Waals surface area contributed by atoms with Gasteiger partial charge in [0.25, 0.3) is 0 Å². The van der Waals surface area contributed by atoms with Gasteiger partial charge in [-0.25, -0.2) is 24.9 Å². The van der Waals surface area contributed by atoms with Gasteiger partial charge >= 0.3 is 0 Å². The summed E-state index contributed by atoms with van der Waals surface area (Å²) >= 11 is 0. The molecule has 16 aromatic carbocycles. The molecule has 0 aliphatic rings. The van der Waals surface area contributed by atoms with Crippen LogP contribution in [0.3, 0.4) is 0 Å². The lowest BCUT2D eigenvalue weighted by atomic mass is 10.0. The van der Waals surface area contributed by atoms with Crippen molar-refractivity contribution in [2.45, 2.75) is 0 Å². The number of rotatable bonds is 15. The average molecular weight is 1610 g/mol. The Morgan fingerprint density at radius 3 is 0.821 bits per heavy atom. The lowest BCUT2D eigenvalue weighted by molar-refractivity contribution is 0.983. The monoisotopic (exact) mass is 1600 g/mol. The highest BCUT2D eigenvalue weighted by Crippen LogP contribution is 2.41. The standard InChI is InChI=1S/C109H72N12Si2/c1-7-35-79(36-8-1)122(80-37-9-2-10-38-80,81-39-11-3-12-40-81)85-47-31-33-73(65-85)77-69-103(113-104(70-77)119-100-58-28-25-55-97(100)116-94-53-23-20-50-89(94)110-107(116)119)115-92-52-22-19-49-87(92)88-67-75(61-63-93(88)115)76-62-64-96-91(68-76)112-109-118(96)99-57-27-30-60-102(99)121(109)106-72-78(71-105(114-106)120-101-59-29-26-56-98(101)117-95-54-24-21-51-90(95)111-108(117)120)74-34-32-48-86(66-74)123(82-41-13-4-14-42-82,83-43-15-5-16-44-83)84-45-17-6-18-46-84/h1-72H. The normalized spacial score (nSPS) is 12.2. The van der Waals surface area contributed by atoms with Crippen LogP contribution >= 0.6 is 0 Å². The van der Waals surface area contributed by atoms with E-state index >= 15 is 0 Å². The first-order chi connectivity index (χ1) is 61.0. The summed E-state index contributed by atoms with van der Waals surface area (Å²) in [4.78, 5) is 28.4. The zero-order chi connectivity index (χ0) is 80.9. The summed E-state index contributed by atoms with van der Waals surface area (Å²) in [7, 11) is -5.95. The van der Waals surface area contributed by atoms with Crippen LogP contribution in [0.5, 0.6) is 0 Å². The van der Waals surface area contributed by atoms with Gasteiger partial charge in [0.05, 0.1) is 77.2 Å². The molecule has 25 aromatic rings. The number of fused-ring (bicyclic) bond motifs is 18. The average Bonchev–Trinajstić information content (AvgIpc) is 1.60. The Labute approximate surface area is 708 Å². The molecule has 0 saturated heterocycles. The van der Waals surface area contributed by atoms with Crippen molar-refractivity contribution in [3.05, 3.63) is 437 Å². The predicted molar refractivity (Wildman–Crippen MR) is 509 cm³/mol. The van der Waals surface area contributed by atoms with E-state index in [0.29, 0.717) is 5.82 Å². The molecule has 0 aliphatic heterocycles. The Kier molecular flexibility index (Phi) is 15.8. The number of imidazole rings is 6. The second-order valence-electron chi connectivity index (χ2n) is 32.0. The van der Waals surface area contributed by atoms with E-state index in [1.165, 1.54) is 41.5 Å². The van der Waals surface area contributed by atoms with Gasteiger partial charge in [0, 0.05) is 10.8 Å². The molecule has 0 fully saturated rings. The summed E-state index contributed by atoms with van der Waals surface area (Å²) in [6.07, 6.45) is 0. The van der Waals surface area contributed by atoms with Gasteiger partial charge in [-0.05, 0) is 190 Å². The van der Waals surface area contributed by atoms with E-state index < -0.39 is 16.1 Å². The van der Waals surface area contributed by atoms with E-state index in [1.807, 2.05) is 0 Å². The Balaban J connectivity index is 0.669. The van der Waals surface area contributed by atoms with Gasteiger partial charge in [-0.1, -0.05) is 322 Å². The fourth-order valence-corrected chi connectivity index (χ4v) is 29.7. The third-order valence-electron chi connectivity index (χ3n) is 25.4. The molecular formula is C109H72N12Si2. The molecule has 123 heavy (non-hydrogen) atoms. The fraction of sp³-hybridized carbons (Fsp3) is 0. The first-order valence-corrected chi connectivity index (χ1v) is 45.8. The van der Waals surface area contributed by atoms with Crippen LogP contribution < -0.4 is 41.5 Å². The maximum atomic E-state index is 5.88. The van der Waals surface area contributed by atoms with Crippen molar-refractivity contribution in [1.29, 1.82) is 0 Å². The molecule has 0 saturated carbocycles. The summed E-state index contributed by atoms with van der Waals surface area (Å²) in [5, 5.41) is 12.6. The number of hydrogen-bond donors (Lipinski definition) is 0. The molecule has 25 rings (SSSR count). The highest BCUT2D eigenvalue weighted by Gasteiger charge is 2.43. The summed E-state index contributed by atoms with van der Waals surface area (Å²) in [6.45, 7) is 0. The molecule has 0 bridgehead atoms. The van der Waals surface area contributed by atoms with E-state index in [2.05, 4.69) is 468 Å². The fourth-order valence-electron chi connectivity index (χ4n) is 20.2. The van der Waals surface area contributed by atoms with E-state index in [-0.39, 0.29) is 0 Å². The summed E-state index contributed by atoms with van der Waals surface area (Å²) in [5.41, 5.74) is 20.1. The second-order valence-corrected chi connectivity index (χ2v) is 39.6. The third-order valence-corrected chi connectivity index (χ3v) is 35.0. The third kappa shape index (κ3) is 10.6. The first kappa shape index (κ1) is 69.9. The van der Waals surface area contributed by atoms with Crippen LogP contribution in [-0.4, -0.2) is 72.5 Å². The van der Waals surface area contributed by atoms with Gasteiger partial charge in [0.1, 0.15) is 23.3 Å². The molecule has 0 N–H and O–H groups in total. The van der Waals surface area contributed by atoms with Gasteiger partial charge in [-0.15, -0.1) is 0 Å². The molecule has 12 nitrogen and oxygen atoms in total. The van der Waals surface area contributed by atoms with Crippen LogP contribution in [0.2, 0.25) is 0 Å². The van der Waals surface area contributed by atoms with E-state index in [1.54, 1.807) is 0 Å². The molecule has 0 radical (unpaired) electrons. The highest BCUT2D eigenvalue weighted by atomic mass is 28.3. The van der Waals surface area contributed by atoms with Crippen molar-refractivity contribution in [1.82, 2.24) is 56.4 Å². The van der Waals surface area contributed by atoms with Crippen LogP contribution in [0.25, 0.3) is 162 Å². The number of benzene rings is 16. The van der Waals surface area contributed by atoms with Crippen LogP contribution in [0.15, 0.2) is 437 Å². The Bertz CT molecular complexity index is 8330. The molecule has 576 valence electrons. The lowest BCUT2D eigenvalue weighted by Gasteiger charge is -2.34. The van der Waals surface area contributed by atoms with Crippen molar-refractivity contribution >= 4 is 163 Å². The van der Waals surface area contributed by atoms with Gasteiger partial charge in [0.15, 0.2) is 16.1 Å². The molecule has 0 unspecified atom stereocenters. The van der Waals surface area contributed by atoms with Crippen LogP contribution in [0, 0.1) is 0 Å². The molecule has 14 heteroatoms. The molecule has 0 aliphatic carbocycles. The molecular weight excluding hydrogens is 1530 g/mol. The van der Waals surface area contributed by atoms with Gasteiger partial charge in [-0.3, -0.25) is 31.5 Å². The largest absolute Gasteiger partial charge is 0.294 e. The highest BCUT2D eigenvalue weighted by molar-refractivity contribution is 7.20. The smallest absolute Gasteiger partial charge is 0.221 e. The molecule has 9 heterocycles. The van der Waals surface area contributed by atoms with E-state index in [4.69, 9.17) is 24.9 Å². The van der Waals surface area contributed by atoms with Crippen molar-refractivity contribution in [2.75, 3.05) is 0 Å². The zero-order valence-corrected chi connectivity index (χ0v) is 68.4. The van der Waals surface area contributed by atoms with Crippen LogP contribution in [0.1, 0.15) is 0 Å². The number of hydrogen-bond acceptors (Lipinski definition) is 5. The SMILES string of the molecule is c1ccc([Si](c2ccccc2)(c2ccccc2)c2cccc(-c3cc(-n4c5ccccc5c5cc(-c6ccc7c(c6)nc6n(-c8cc(-c9cccc([Si](c%10ccccc%10)(c%10ccccc%10)c%10ccccc%10)c9)cc(-n9c%10ccccc%10n%10c%11ccccc%11nc9%10)n8)c8ccccc8n76)ccc54)nc(-n4c5ccccc5n5c6ccccc6nc45)c3)c2)cc1. The van der Waals surface area contributed by atoms with E-state index in [0.717, 1.165) is 156 Å². The first-order valence-electron chi connectivity index (χ1n) is 41.8. The Morgan fingerprint density at radius 2 is 0.431 bits per heavy atom. The zero-order valence-electron chi connectivity index (χ0n) is 66.4. The van der Waals surface area contributed by atoms with E-state index in [9.17, 15) is 0 Å². The molecule has 0 spiro atoms. The minimum Gasteiger partial charge on any atom is -0.294 e. The van der Waals surface area contributed by atoms with Gasteiger partial charge in [0.2, 0.25) is 17.3 Å². The Hall–Kier alpha value is -16.1. The quantitative estimate of drug-likeness (QED) is 0.0752. The van der Waals surface area contributed by atoms with Crippen LogP contribution in [-0.2, 0) is 0 Å². The van der Waals surface area contributed by atoms with Crippen LogP contribution in [0.4, 0.5) is 0 Å². The second kappa shape index (κ2) is 27.7. The molecule has 0 amide bonds. The molecule has 0 atom stereocenters. The Morgan fingerprint density at radius 1 is 0.154 bits per heavy atom. The summed E-state index contributed by atoms with van der Waals surface area (Å²) in [5.74, 6) is 5.26. The van der Waals surface area contributed by atoms with Crippen molar-refractivity contribution in [3.63, 3.8) is 0 Å². The number of aromatic nitrogens is 12. The van der Waals surface area contributed by atoms with Gasteiger partial charge < -0.3 is 0 Å². The topological polar surface area (TPSA) is 97.4 Å².